The molecule has 1 heteroatoms. The third-order valence-corrected chi connectivity index (χ3v) is 1.87. The van der Waals surface area contributed by atoms with Crippen LogP contribution in [-0.2, 0) is 6.42 Å². The van der Waals surface area contributed by atoms with Gasteiger partial charge in [0.15, 0.2) is 0 Å². The van der Waals surface area contributed by atoms with Gasteiger partial charge in [0.25, 0.3) is 0 Å². The van der Waals surface area contributed by atoms with E-state index in [-0.39, 0.29) is 0 Å². The fourth-order valence-electron chi connectivity index (χ4n) is 1.23. The molecule has 0 N–H and O–H groups in total. The molecule has 0 spiro atoms. The van der Waals surface area contributed by atoms with Crippen LogP contribution >= 0.6 is 0 Å². The first kappa shape index (κ1) is 12.6. The summed E-state index contributed by atoms with van der Waals surface area (Å²) in [6.45, 7) is 13.6. The second-order valence-electron chi connectivity index (χ2n) is 2.52. The maximum absolute atomic E-state index is 4.26. The first-order valence-electron chi connectivity index (χ1n) is 5.06. The number of aromatic nitrogens is 1. The molecule has 1 aromatic rings. The highest BCUT2D eigenvalue weighted by Crippen LogP contribution is 2.15. The minimum absolute atomic E-state index is 0.934. The first-order chi connectivity index (χ1) is 6.83. The molecule has 0 aromatic carbocycles. The van der Waals surface area contributed by atoms with Crippen LogP contribution in [0.1, 0.15) is 37.6 Å². The van der Waals surface area contributed by atoms with Gasteiger partial charge in [-0.1, -0.05) is 46.1 Å². The van der Waals surface area contributed by atoms with E-state index in [0.29, 0.717) is 0 Å². The molecule has 0 fully saturated rings. The van der Waals surface area contributed by atoms with Gasteiger partial charge in [0, 0.05) is 17.5 Å². The van der Waals surface area contributed by atoms with Crippen molar-refractivity contribution in [2.45, 2.75) is 27.2 Å². The van der Waals surface area contributed by atoms with Gasteiger partial charge in [-0.25, -0.2) is 0 Å². The molecule has 0 saturated heterocycles. The zero-order chi connectivity index (χ0) is 11.0. The van der Waals surface area contributed by atoms with Crippen LogP contribution in [0.3, 0.4) is 0 Å². The van der Waals surface area contributed by atoms with E-state index in [1.54, 1.807) is 0 Å². The minimum Gasteiger partial charge on any atom is -0.261 e. The highest BCUT2D eigenvalue weighted by atomic mass is 14.7. The van der Waals surface area contributed by atoms with Crippen molar-refractivity contribution in [3.05, 3.63) is 42.2 Å². The Balaban J connectivity index is 0.000000791. The van der Waals surface area contributed by atoms with E-state index in [1.807, 2.05) is 38.3 Å². The molecule has 0 aliphatic carbocycles. The Morgan fingerprint density at radius 2 is 1.93 bits per heavy atom. The largest absolute Gasteiger partial charge is 0.261 e. The lowest BCUT2D eigenvalue weighted by Gasteiger charge is -2.04. The summed E-state index contributed by atoms with van der Waals surface area (Å²) in [5.74, 6) is 0. The molecule has 1 aromatic heterocycles. The van der Waals surface area contributed by atoms with E-state index in [4.69, 9.17) is 0 Å². The Labute approximate surface area is 87.2 Å². The fourth-order valence-corrected chi connectivity index (χ4v) is 1.23. The average molecular weight is 189 g/mol. The number of nitrogens with zero attached hydrogens (tertiary/aromatic N) is 1. The van der Waals surface area contributed by atoms with E-state index in [1.165, 1.54) is 0 Å². The Morgan fingerprint density at radius 1 is 1.29 bits per heavy atom. The number of pyridine rings is 1. The molecule has 0 saturated carbocycles. The summed E-state index contributed by atoms with van der Waals surface area (Å²) in [6.07, 6.45) is 6.41. The summed E-state index contributed by atoms with van der Waals surface area (Å²) in [7, 11) is 0. The van der Waals surface area contributed by atoms with Crippen molar-refractivity contribution >= 4 is 12.2 Å². The van der Waals surface area contributed by atoms with Crippen molar-refractivity contribution in [3.63, 3.8) is 0 Å². The Hall–Kier alpha value is -1.37. The van der Waals surface area contributed by atoms with Crippen molar-refractivity contribution in [2.24, 2.45) is 0 Å². The van der Waals surface area contributed by atoms with Crippen LogP contribution in [0.4, 0.5) is 0 Å². The predicted octanol–water partition coefficient (Wildman–Crippen LogP) is 3.96. The van der Waals surface area contributed by atoms with Gasteiger partial charge in [-0.15, -0.1) is 0 Å². The van der Waals surface area contributed by atoms with E-state index in [2.05, 4.69) is 25.1 Å². The van der Waals surface area contributed by atoms with Crippen molar-refractivity contribution in [2.75, 3.05) is 0 Å². The monoisotopic (exact) mass is 189 g/mol. The number of rotatable bonds is 3. The lowest BCUT2D eigenvalue weighted by molar-refractivity contribution is 1.03. The van der Waals surface area contributed by atoms with Crippen LogP contribution in [0.25, 0.3) is 12.2 Å². The maximum atomic E-state index is 4.26. The van der Waals surface area contributed by atoms with Crippen LogP contribution < -0.4 is 0 Å². The standard InChI is InChI=1S/C11H13N.C2H6/c1-4-9-7-8-12-11(6-3)10(9)5-2;1-2/h4-5,7-8H,1-2,6H2,3H3;1-2H3. The van der Waals surface area contributed by atoms with Gasteiger partial charge < -0.3 is 0 Å². The average Bonchev–Trinajstić information content (AvgIpc) is 2.30. The zero-order valence-corrected chi connectivity index (χ0v) is 9.38. The lowest BCUT2D eigenvalue weighted by Crippen LogP contribution is -1.93. The summed E-state index contributed by atoms with van der Waals surface area (Å²) in [5, 5.41) is 0. The Kier molecular flexibility index (Phi) is 6.38. The molecule has 0 aliphatic rings. The van der Waals surface area contributed by atoms with E-state index >= 15 is 0 Å². The quantitative estimate of drug-likeness (QED) is 0.701. The van der Waals surface area contributed by atoms with Crippen LogP contribution in [0.5, 0.6) is 0 Å². The zero-order valence-electron chi connectivity index (χ0n) is 9.38. The molecule has 1 nitrogen and oxygen atoms in total. The van der Waals surface area contributed by atoms with Gasteiger partial charge in [0.05, 0.1) is 0 Å². The van der Waals surface area contributed by atoms with Crippen molar-refractivity contribution in [1.29, 1.82) is 0 Å². The summed E-state index contributed by atoms with van der Waals surface area (Å²) >= 11 is 0. The first-order valence-corrected chi connectivity index (χ1v) is 5.06. The van der Waals surface area contributed by atoms with Gasteiger partial charge in [-0.05, 0) is 18.1 Å². The Morgan fingerprint density at radius 3 is 2.36 bits per heavy atom. The molecule has 0 radical (unpaired) electrons. The van der Waals surface area contributed by atoms with Gasteiger partial charge >= 0.3 is 0 Å². The molecule has 1 rings (SSSR count). The van der Waals surface area contributed by atoms with Gasteiger partial charge in [-0.2, -0.15) is 0 Å². The summed E-state index contributed by atoms with van der Waals surface area (Å²) in [6, 6.07) is 1.95. The number of hydrogen-bond acceptors (Lipinski definition) is 1. The minimum atomic E-state index is 0.934. The Bertz CT molecular complexity index is 300. The molecule has 0 unspecified atom stereocenters. The smallest absolute Gasteiger partial charge is 0.0478 e. The normalized spacial score (nSPS) is 8.50. The molecular formula is C13H19N. The molecule has 14 heavy (non-hydrogen) atoms. The molecule has 0 amide bonds. The number of hydrogen-bond donors (Lipinski definition) is 0. The molecular weight excluding hydrogens is 170 g/mol. The molecule has 76 valence electrons. The molecule has 0 atom stereocenters. The summed E-state index contributed by atoms with van der Waals surface area (Å²) in [4.78, 5) is 4.26. The maximum Gasteiger partial charge on any atom is 0.0478 e. The molecule has 0 aliphatic heterocycles. The van der Waals surface area contributed by atoms with Gasteiger partial charge in [0.1, 0.15) is 0 Å². The summed E-state index contributed by atoms with van der Waals surface area (Å²) < 4.78 is 0. The molecule has 0 bridgehead atoms. The van der Waals surface area contributed by atoms with Crippen molar-refractivity contribution < 1.29 is 0 Å². The van der Waals surface area contributed by atoms with E-state index < -0.39 is 0 Å². The molecule has 1 heterocycles. The third kappa shape index (κ3) is 2.84. The van der Waals surface area contributed by atoms with Crippen molar-refractivity contribution in [1.82, 2.24) is 4.98 Å². The van der Waals surface area contributed by atoms with Crippen molar-refractivity contribution in [3.8, 4) is 0 Å². The van der Waals surface area contributed by atoms with Gasteiger partial charge in [-0.3, -0.25) is 4.98 Å². The van der Waals surface area contributed by atoms with Crippen LogP contribution in [0.15, 0.2) is 25.4 Å². The highest BCUT2D eigenvalue weighted by molar-refractivity contribution is 5.64. The van der Waals surface area contributed by atoms with Gasteiger partial charge in [0.2, 0.25) is 0 Å². The van der Waals surface area contributed by atoms with Crippen LogP contribution in [0, 0.1) is 0 Å². The van der Waals surface area contributed by atoms with E-state index in [0.717, 1.165) is 23.2 Å². The fraction of sp³-hybridized carbons (Fsp3) is 0.308. The third-order valence-electron chi connectivity index (χ3n) is 1.87. The SMILES string of the molecule is C=Cc1ccnc(CC)c1C=C.CC. The van der Waals surface area contributed by atoms with Crippen LogP contribution in [0.2, 0.25) is 0 Å². The number of aryl methyl sites for hydroxylation is 1. The topological polar surface area (TPSA) is 12.9 Å². The highest BCUT2D eigenvalue weighted by Gasteiger charge is 2.01. The lowest BCUT2D eigenvalue weighted by atomic mass is 10.1. The second-order valence-corrected chi connectivity index (χ2v) is 2.52. The summed E-state index contributed by atoms with van der Waals surface area (Å²) in [5.41, 5.74) is 3.30. The van der Waals surface area contributed by atoms with E-state index in [9.17, 15) is 0 Å². The second kappa shape index (κ2) is 7.07. The van der Waals surface area contributed by atoms with Crippen LogP contribution in [-0.4, -0.2) is 4.98 Å². The predicted molar refractivity (Wildman–Crippen MR) is 65.1 cm³/mol.